The van der Waals surface area contributed by atoms with E-state index < -0.39 is 11.9 Å². The van der Waals surface area contributed by atoms with E-state index in [1.54, 1.807) is 22.0 Å². The molecule has 0 radical (unpaired) electrons. The number of hydrogen-bond donors (Lipinski definition) is 2. The summed E-state index contributed by atoms with van der Waals surface area (Å²) in [5.41, 5.74) is 3.81. The normalized spacial score (nSPS) is 20.0. The van der Waals surface area contributed by atoms with Crippen molar-refractivity contribution in [3.63, 3.8) is 0 Å². The van der Waals surface area contributed by atoms with Crippen LogP contribution in [0.1, 0.15) is 24.5 Å². The summed E-state index contributed by atoms with van der Waals surface area (Å²) in [7, 11) is 0. The SMILES string of the molecule is Cc1ccc(-n2cc(NC(=O)N3CC(C)CC(C(=O)O)C3)cn2)c(C)c1. The van der Waals surface area contributed by atoms with Crippen LogP contribution in [0.15, 0.2) is 30.6 Å². The first-order valence-corrected chi connectivity index (χ1v) is 8.74. The Morgan fingerprint density at radius 1 is 1.27 bits per heavy atom. The van der Waals surface area contributed by atoms with Gasteiger partial charge in [0.25, 0.3) is 0 Å². The zero-order valence-electron chi connectivity index (χ0n) is 15.3. The third kappa shape index (κ3) is 3.87. The number of amides is 2. The van der Waals surface area contributed by atoms with Crippen molar-refractivity contribution >= 4 is 17.7 Å². The molecule has 3 rings (SSSR count). The van der Waals surface area contributed by atoms with E-state index in [1.807, 2.05) is 32.9 Å². The van der Waals surface area contributed by atoms with Crippen molar-refractivity contribution in [2.45, 2.75) is 27.2 Å². The minimum Gasteiger partial charge on any atom is -0.481 e. The maximum Gasteiger partial charge on any atom is 0.321 e. The number of carboxylic acids is 1. The summed E-state index contributed by atoms with van der Waals surface area (Å²) in [5, 5.41) is 16.4. The van der Waals surface area contributed by atoms with E-state index in [0.29, 0.717) is 18.7 Å². The van der Waals surface area contributed by atoms with E-state index >= 15 is 0 Å². The Bertz CT molecular complexity index is 830. The van der Waals surface area contributed by atoms with Crippen LogP contribution in [-0.2, 0) is 4.79 Å². The summed E-state index contributed by atoms with van der Waals surface area (Å²) >= 11 is 0. The fourth-order valence-electron chi connectivity index (χ4n) is 3.48. The Morgan fingerprint density at radius 3 is 2.73 bits per heavy atom. The molecule has 1 aromatic carbocycles. The summed E-state index contributed by atoms with van der Waals surface area (Å²) in [6, 6.07) is 5.80. The van der Waals surface area contributed by atoms with Crippen molar-refractivity contribution in [3.8, 4) is 5.69 Å². The van der Waals surface area contributed by atoms with Gasteiger partial charge < -0.3 is 15.3 Å². The van der Waals surface area contributed by atoms with E-state index in [-0.39, 0.29) is 18.5 Å². The molecule has 0 aliphatic carbocycles. The second kappa shape index (κ2) is 7.19. The molecule has 2 N–H and O–H groups in total. The van der Waals surface area contributed by atoms with Crippen molar-refractivity contribution in [1.82, 2.24) is 14.7 Å². The minimum atomic E-state index is -0.850. The van der Waals surface area contributed by atoms with Crippen molar-refractivity contribution < 1.29 is 14.7 Å². The molecular formula is C19H24N4O3. The zero-order valence-corrected chi connectivity index (χ0v) is 15.3. The van der Waals surface area contributed by atoms with E-state index in [0.717, 1.165) is 11.3 Å². The van der Waals surface area contributed by atoms with Crippen LogP contribution >= 0.6 is 0 Å². The van der Waals surface area contributed by atoms with Crippen molar-refractivity contribution in [2.24, 2.45) is 11.8 Å². The van der Waals surface area contributed by atoms with Gasteiger partial charge in [0, 0.05) is 13.1 Å². The average Bonchev–Trinajstić information content (AvgIpc) is 3.02. The van der Waals surface area contributed by atoms with Crippen molar-refractivity contribution in [2.75, 3.05) is 18.4 Å². The Morgan fingerprint density at radius 2 is 2.04 bits per heavy atom. The standard InChI is InChI=1S/C19H24N4O3/c1-12-4-5-17(14(3)6-12)23-11-16(8-20-23)21-19(26)22-9-13(2)7-15(10-22)18(24)25/h4-6,8,11,13,15H,7,9-10H2,1-3H3,(H,21,26)(H,24,25). The van der Waals surface area contributed by atoms with Gasteiger partial charge in [-0.15, -0.1) is 0 Å². The molecule has 1 aromatic heterocycles. The van der Waals surface area contributed by atoms with Gasteiger partial charge in [0.2, 0.25) is 0 Å². The second-order valence-electron chi connectivity index (χ2n) is 7.17. The Hall–Kier alpha value is -2.83. The molecule has 1 fully saturated rings. The lowest BCUT2D eigenvalue weighted by Gasteiger charge is -2.34. The molecule has 1 saturated heterocycles. The third-order valence-corrected chi connectivity index (χ3v) is 4.73. The quantitative estimate of drug-likeness (QED) is 0.885. The summed E-state index contributed by atoms with van der Waals surface area (Å²) in [5.74, 6) is -1.20. The molecule has 2 atom stereocenters. The largest absolute Gasteiger partial charge is 0.481 e. The molecule has 7 nitrogen and oxygen atoms in total. The molecule has 1 aliphatic heterocycles. The summed E-state index contributed by atoms with van der Waals surface area (Å²) in [4.78, 5) is 25.4. The lowest BCUT2D eigenvalue weighted by molar-refractivity contribution is -0.143. The van der Waals surface area contributed by atoms with Gasteiger partial charge in [0.05, 0.1) is 29.7 Å². The highest BCUT2D eigenvalue weighted by Crippen LogP contribution is 2.23. The van der Waals surface area contributed by atoms with Gasteiger partial charge >= 0.3 is 12.0 Å². The van der Waals surface area contributed by atoms with Crippen LogP contribution in [-0.4, -0.2) is 44.9 Å². The zero-order chi connectivity index (χ0) is 18.8. The lowest BCUT2D eigenvalue weighted by Crippen LogP contribution is -2.47. The van der Waals surface area contributed by atoms with Crippen LogP contribution < -0.4 is 5.32 Å². The number of benzene rings is 1. The second-order valence-corrected chi connectivity index (χ2v) is 7.17. The number of carbonyl (C=O) groups excluding carboxylic acids is 1. The van der Waals surface area contributed by atoms with E-state index in [2.05, 4.69) is 16.5 Å². The van der Waals surface area contributed by atoms with Crippen molar-refractivity contribution in [1.29, 1.82) is 0 Å². The van der Waals surface area contributed by atoms with Crippen LogP contribution in [0.25, 0.3) is 5.69 Å². The van der Waals surface area contributed by atoms with Gasteiger partial charge in [-0.25, -0.2) is 9.48 Å². The van der Waals surface area contributed by atoms with E-state index in [9.17, 15) is 14.7 Å². The number of piperidine rings is 1. The highest BCUT2D eigenvalue weighted by molar-refractivity contribution is 5.89. The van der Waals surface area contributed by atoms with E-state index in [1.165, 1.54) is 5.56 Å². The number of rotatable bonds is 3. The molecule has 2 aromatic rings. The lowest BCUT2D eigenvalue weighted by atomic mass is 9.91. The molecule has 0 saturated carbocycles. The minimum absolute atomic E-state index is 0.161. The molecule has 2 unspecified atom stereocenters. The molecule has 0 bridgehead atoms. The number of nitrogens with one attached hydrogen (secondary N) is 1. The van der Waals surface area contributed by atoms with Crippen LogP contribution in [0.4, 0.5) is 10.5 Å². The first-order valence-electron chi connectivity index (χ1n) is 8.74. The average molecular weight is 356 g/mol. The van der Waals surface area contributed by atoms with Gasteiger partial charge in [-0.2, -0.15) is 5.10 Å². The Kier molecular flexibility index (Phi) is 4.97. The first-order chi connectivity index (χ1) is 12.3. The third-order valence-electron chi connectivity index (χ3n) is 4.73. The predicted molar refractivity (Wildman–Crippen MR) is 98.5 cm³/mol. The number of aromatic nitrogens is 2. The fourth-order valence-corrected chi connectivity index (χ4v) is 3.48. The van der Waals surface area contributed by atoms with Crippen LogP contribution in [0.5, 0.6) is 0 Å². The summed E-state index contributed by atoms with van der Waals surface area (Å²) in [6.45, 7) is 6.81. The number of hydrogen-bond acceptors (Lipinski definition) is 3. The van der Waals surface area contributed by atoms with Gasteiger partial charge in [-0.1, -0.05) is 24.6 Å². The molecule has 2 heterocycles. The Labute approximate surface area is 152 Å². The first kappa shape index (κ1) is 18.0. The molecule has 0 spiro atoms. The number of carboxylic acid groups (broad SMARTS) is 1. The van der Waals surface area contributed by atoms with Gasteiger partial charge in [0.1, 0.15) is 0 Å². The monoisotopic (exact) mass is 356 g/mol. The Balaban J connectivity index is 1.70. The number of likely N-dealkylation sites (tertiary alicyclic amines) is 1. The smallest absolute Gasteiger partial charge is 0.321 e. The number of nitrogens with zero attached hydrogens (tertiary/aromatic N) is 3. The molecule has 2 amide bonds. The van der Waals surface area contributed by atoms with Gasteiger partial charge in [-0.05, 0) is 37.8 Å². The fraction of sp³-hybridized carbons (Fsp3) is 0.421. The van der Waals surface area contributed by atoms with Gasteiger partial charge in [0.15, 0.2) is 0 Å². The topological polar surface area (TPSA) is 87.5 Å². The number of aryl methyl sites for hydroxylation is 2. The highest BCUT2D eigenvalue weighted by atomic mass is 16.4. The highest BCUT2D eigenvalue weighted by Gasteiger charge is 2.32. The summed E-state index contributed by atoms with van der Waals surface area (Å²) in [6.07, 6.45) is 3.96. The van der Waals surface area contributed by atoms with Crippen molar-refractivity contribution in [3.05, 3.63) is 41.7 Å². The summed E-state index contributed by atoms with van der Waals surface area (Å²) < 4.78 is 1.73. The molecule has 1 aliphatic rings. The molecule has 7 heteroatoms. The maximum absolute atomic E-state index is 12.5. The van der Waals surface area contributed by atoms with E-state index in [4.69, 9.17) is 0 Å². The number of anilines is 1. The number of urea groups is 1. The van der Waals surface area contributed by atoms with Crippen LogP contribution in [0, 0.1) is 25.7 Å². The molecule has 26 heavy (non-hydrogen) atoms. The van der Waals surface area contributed by atoms with Crippen LogP contribution in [0.2, 0.25) is 0 Å². The number of carbonyl (C=O) groups is 2. The predicted octanol–water partition coefficient (Wildman–Crippen LogP) is 3.06. The molecular weight excluding hydrogens is 332 g/mol. The van der Waals surface area contributed by atoms with Crippen LogP contribution in [0.3, 0.4) is 0 Å². The number of aliphatic carboxylic acids is 1. The maximum atomic E-state index is 12.5. The van der Waals surface area contributed by atoms with Gasteiger partial charge in [-0.3, -0.25) is 4.79 Å². The molecule has 138 valence electrons.